The van der Waals surface area contributed by atoms with Crippen LogP contribution in [0.2, 0.25) is 0 Å². The smallest absolute Gasteiger partial charge is 0.251 e. The number of nitrogens with zero attached hydrogens (tertiary/aromatic N) is 1. The number of hydrogen-bond donors (Lipinski definition) is 0. The van der Waals surface area contributed by atoms with Gasteiger partial charge in [0.15, 0.2) is 11.6 Å². The third-order valence-electron chi connectivity index (χ3n) is 2.87. The second-order valence-corrected chi connectivity index (χ2v) is 7.22. The molecule has 0 aliphatic heterocycles. The molecule has 0 radical (unpaired) electrons. The highest BCUT2D eigenvalue weighted by molar-refractivity contribution is 6.00. The van der Waals surface area contributed by atoms with Crippen LogP contribution in [0, 0.1) is 16.6 Å². The third kappa shape index (κ3) is 4.58. The van der Waals surface area contributed by atoms with E-state index < -0.39 is 11.2 Å². The van der Waals surface area contributed by atoms with E-state index in [2.05, 4.69) is 25.8 Å². The Morgan fingerprint density at radius 3 is 2.35 bits per heavy atom. The van der Waals surface area contributed by atoms with Gasteiger partial charge in [-0.3, -0.25) is 4.79 Å². The fourth-order valence-corrected chi connectivity index (χ4v) is 1.56. The average Bonchev–Trinajstić information content (AvgIpc) is 2.28. The van der Waals surface area contributed by atoms with E-state index in [1.165, 1.54) is 12.3 Å². The van der Waals surface area contributed by atoms with Gasteiger partial charge in [-0.05, 0) is 17.9 Å². The van der Waals surface area contributed by atoms with Crippen molar-refractivity contribution in [1.82, 2.24) is 4.98 Å². The monoisotopic (exact) mass is 281 g/mol. The molecule has 3 nitrogen and oxygen atoms in total. The summed E-state index contributed by atoms with van der Waals surface area (Å²) in [7, 11) is 0. The fourth-order valence-electron chi connectivity index (χ4n) is 1.56. The summed E-state index contributed by atoms with van der Waals surface area (Å²) >= 11 is 0. The van der Waals surface area contributed by atoms with Crippen molar-refractivity contribution in [3.8, 4) is 5.88 Å². The molecule has 1 aromatic heterocycles. The van der Waals surface area contributed by atoms with Crippen LogP contribution in [0.5, 0.6) is 5.88 Å². The zero-order chi connectivity index (χ0) is 15.6. The molecule has 4 heteroatoms. The van der Waals surface area contributed by atoms with Gasteiger partial charge in [-0.25, -0.2) is 9.37 Å². The van der Waals surface area contributed by atoms with Gasteiger partial charge in [0.2, 0.25) is 0 Å². The average molecular weight is 281 g/mol. The number of hydrogen-bond acceptors (Lipinski definition) is 3. The van der Waals surface area contributed by atoms with Crippen LogP contribution in [-0.2, 0) is 0 Å². The van der Waals surface area contributed by atoms with E-state index in [0.29, 0.717) is 6.61 Å². The Balaban J connectivity index is 2.88. The van der Waals surface area contributed by atoms with Crippen LogP contribution in [0.3, 0.4) is 0 Å². The molecule has 0 fully saturated rings. The van der Waals surface area contributed by atoms with E-state index in [0.717, 1.165) is 6.42 Å². The first-order chi connectivity index (χ1) is 9.02. The minimum atomic E-state index is -0.665. The zero-order valence-corrected chi connectivity index (χ0v) is 13.2. The predicted octanol–water partition coefficient (Wildman–Crippen LogP) is 4.26. The van der Waals surface area contributed by atoms with Crippen LogP contribution < -0.4 is 4.74 Å². The molecule has 0 saturated carbocycles. The second-order valence-electron chi connectivity index (χ2n) is 7.22. The summed E-state index contributed by atoms with van der Waals surface area (Å²) in [6, 6.07) is 1.40. The molecule has 20 heavy (non-hydrogen) atoms. The SMILES string of the molecule is CC(C)(C)CCOc1nccc(C(=O)C(C)(C)C)c1F. The lowest BCUT2D eigenvalue weighted by Crippen LogP contribution is -2.22. The van der Waals surface area contributed by atoms with Crippen molar-refractivity contribution in [2.75, 3.05) is 6.61 Å². The molecule has 0 atom stereocenters. The van der Waals surface area contributed by atoms with Crippen LogP contribution >= 0.6 is 0 Å². The summed E-state index contributed by atoms with van der Waals surface area (Å²) in [5, 5.41) is 0. The van der Waals surface area contributed by atoms with Crippen molar-refractivity contribution < 1.29 is 13.9 Å². The van der Waals surface area contributed by atoms with Crippen LogP contribution in [0.15, 0.2) is 12.3 Å². The van der Waals surface area contributed by atoms with Gasteiger partial charge in [-0.1, -0.05) is 41.5 Å². The Morgan fingerprint density at radius 2 is 1.85 bits per heavy atom. The first kappa shape index (κ1) is 16.6. The van der Waals surface area contributed by atoms with E-state index in [-0.39, 0.29) is 22.6 Å². The number of carbonyl (C=O) groups excluding carboxylic acids is 1. The Morgan fingerprint density at radius 1 is 1.25 bits per heavy atom. The summed E-state index contributed by atoms with van der Waals surface area (Å²) in [6.45, 7) is 11.9. The van der Waals surface area contributed by atoms with Crippen molar-refractivity contribution in [3.63, 3.8) is 0 Å². The second kappa shape index (κ2) is 5.90. The third-order valence-corrected chi connectivity index (χ3v) is 2.87. The Labute approximate surface area is 120 Å². The van der Waals surface area contributed by atoms with E-state index in [9.17, 15) is 9.18 Å². The van der Waals surface area contributed by atoms with Crippen molar-refractivity contribution in [1.29, 1.82) is 0 Å². The molecule has 0 aliphatic rings. The number of rotatable bonds is 4. The van der Waals surface area contributed by atoms with Crippen LogP contribution in [-0.4, -0.2) is 17.4 Å². The highest BCUT2D eigenvalue weighted by atomic mass is 19.1. The topological polar surface area (TPSA) is 39.2 Å². The molecule has 0 N–H and O–H groups in total. The van der Waals surface area contributed by atoms with Gasteiger partial charge >= 0.3 is 0 Å². The van der Waals surface area contributed by atoms with Gasteiger partial charge in [-0.15, -0.1) is 0 Å². The number of carbonyl (C=O) groups is 1. The minimum Gasteiger partial charge on any atom is -0.476 e. The standard InChI is InChI=1S/C16H24FNO2/c1-15(2,3)8-10-20-14-12(17)11(7-9-18-14)13(19)16(4,5)6/h7,9H,8,10H2,1-6H3. The summed E-state index contributed by atoms with van der Waals surface area (Å²) in [5.74, 6) is -1.01. The van der Waals surface area contributed by atoms with E-state index in [1.807, 2.05) is 0 Å². The van der Waals surface area contributed by atoms with Gasteiger partial charge < -0.3 is 4.74 Å². The fraction of sp³-hybridized carbons (Fsp3) is 0.625. The zero-order valence-electron chi connectivity index (χ0n) is 13.2. The molecular weight excluding hydrogens is 257 g/mol. The summed E-state index contributed by atoms with van der Waals surface area (Å²) in [4.78, 5) is 16.0. The predicted molar refractivity (Wildman–Crippen MR) is 77.5 cm³/mol. The number of ether oxygens (including phenoxy) is 1. The molecule has 0 aliphatic carbocycles. The minimum absolute atomic E-state index is 0.0401. The molecule has 1 rings (SSSR count). The van der Waals surface area contributed by atoms with Gasteiger partial charge in [0.1, 0.15) is 0 Å². The lowest BCUT2D eigenvalue weighted by molar-refractivity contribution is 0.0852. The number of Topliss-reactive ketones (excluding diaryl/α,β-unsaturated/α-hetero) is 1. The largest absolute Gasteiger partial charge is 0.476 e. The number of aromatic nitrogens is 1. The first-order valence-corrected chi connectivity index (χ1v) is 6.84. The lowest BCUT2D eigenvalue weighted by Gasteiger charge is -2.19. The molecule has 112 valence electrons. The summed E-state index contributed by atoms with van der Waals surface area (Å²) < 4.78 is 19.6. The van der Waals surface area contributed by atoms with Crippen molar-refractivity contribution >= 4 is 5.78 Å². The summed E-state index contributed by atoms with van der Waals surface area (Å²) in [6.07, 6.45) is 2.19. The Kier molecular flexibility index (Phi) is 4.90. The normalized spacial score (nSPS) is 12.3. The van der Waals surface area contributed by atoms with Gasteiger partial charge in [0.05, 0.1) is 12.2 Å². The molecule has 0 unspecified atom stereocenters. The lowest BCUT2D eigenvalue weighted by atomic mass is 9.87. The van der Waals surface area contributed by atoms with Crippen LogP contribution in [0.25, 0.3) is 0 Å². The quantitative estimate of drug-likeness (QED) is 0.774. The molecule has 1 aromatic rings. The molecule has 0 aromatic carbocycles. The van der Waals surface area contributed by atoms with Crippen molar-refractivity contribution in [2.45, 2.75) is 48.0 Å². The van der Waals surface area contributed by atoms with E-state index in [4.69, 9.17) is 4.74 Å². The molecule has 0 bridgehead atoms. The van der Waals surface area contributed by atoms with Crippen LogP contribution in [0.4, 0.5) is 4.39 Å². The van der Waals surface area contributed by atoms with Crippen molar-refractivity contribution in [3.05, 3.63) is 23.6 Å². The maximum atomic E-state index is 14.3. The number of pyridine rings is 1. The number of ketones is 1. The molecule has 1 heterocycles. The van der Waals surface area contributed by atoms with Gasteiger partial charge in [0.25, 0.3) is 5.88 Å². The Bertz CT molecular complexity index is 484. The molecule has 0 amide bonds. The first-order valence-electron chi connectivity index (χ1n) is 6.84. The molecule has 0 spiro atoms. The molecular formula is C16H24FNO2. The maximum Gasteiger partial charge on any atom is 0.251 e. The highest BCUT2D eigenvalue weighted by Gasteiger charge is 2.27. The number of halogens is 1. The maximum absolute atomic E-state index is 14.3. The van der Waals surface area contributed by atoms with E-state index in [1.54, 1.807) is 20.8 Å². The molecule has 0 saturated heterocycles. The summed E-state index contributed by atoms with van der Waals surface area (Å²) in [5.41, 5.74) is -0.488. The highest BCUT2D eigenvalue weighted by Crippen LogP contribution is 2.26. The van der Waals surface area contributed by atoms with Crippen LogP contribution in [0.1, 0.15) is 58.3 Å². The Hall–Kier alpha value is -1.45. The van der Waals surface area contributed by atoms with Gasteiger partial charge in [-0.2, -0.15) is 0 Å². The van der Waals surface area contributed by atoms with Crippen molar-refractivity contribution in [2.24, 2.45) is 10.8 Å². The van der Waals surface area contributed by atoms with Gasteiger partial charge in [0, 0.05) is 11.6 Å². The van der Waals surface area contributed by atoms with E-state index >= 15 is 0 Å².